The van der Waals surface area contributed by atoms with Crippen LogP contribution in [0, 0.1) is 11.3 Å². The van der Waals surface area contributed by atoms with E-state index in [0.717, 1.165) is 69.4 Å². The number of halogens is 3. The van der Waals surface area contributed by atoms with Crippen molar-refractivity contribution in [3.63, 3.8) is 0 Å². The van der Waals surface area contributed by atoms with Gasteiger partial charge in [0, 0.05) is 19.6 Å². The Balaban J connectivity index is 1.47. The number of nitriles is 1. The molecule has 1 saturated heterocycles. The number of rotatable bonds is 5. The Hall–Kier alpha value is -2.11. The molecule has 1 aromatic rings. The van der Waals surface area contributed by atoms with Crippen LogP contribution in [-0.4, -0.2) is 54.0 Å². The van der Waals surface area contributed by atoms with Crippen molar-refractivity contribution >= 4 is 5.91 Å². The summed E-state index contributed by atoms with van der Waals surface area (Å²) >= 11 is 0. The highest BCUT2D eigenvalue weighted by Crippen LogP contribution is 2.30. The van der Waals surface area contributed by atoms with Crippen LogP contribution in [0.4, 0.5) is 13.2 Å². The Morgan fingerprint density at radius 3 is 2.28 bits per heavy atom. The molecule has 0 unspecified atom stereocenters. The molecule has 1 aliphatic carbocycles. The number of carbonyl (C=O) groups excluding carboxylic acids is 1. The SMILES string of the molecule is N#CC1(NC(=O)CN2CCCN(Cc3ccc(C(F)(F)F)cc3)CC2)CCCC1. The van der Waals surface area contributed by atoms with Crippen molar-refractivity contribution in [1.29, 1.82) is 5.26 Å². The van der Waals surface area contributed by atoms with Gasteiger partial charge in [0.25, 0.3) is 0 Å². The quantitative estimate of drug-likeness (QED) is 0.813. The van der Waals surface area contributed by atoms with Crippen LogP contribution < -0.4 is 5.32 Å². The Bertz CT molecular complexity index is 736. The van der Waals surface area contributed by atoms with Gasteiger partial charge in [0.05, 0.1) is 18.2 Å². The van der Waals surface area contributed by atoms with Crippen LogP contribution in [0.15, 0.2) is 24.3 Å². The average Bonchev–Trinajstić information content (AvgIpc) is 3.03. The van der Waals surface area contributed by atoms with Crippen LogP contribution in [0.25, 0.3) is 0 Å². The molecule has 1 heterocycles. The predicted molar refractivity (Wildman–Crippen MR) is 103 cm³/mol. The molecule has 3 rings (SSSR count). The van der Waals surface area contributed by atoms with Crippen molar-refractivity contribution in [3.8, 4) is 6.07 Å². The summed E-state index contributed by atoms with van der Waals surface area (Å²) in [5.41, 5.74) is -0.481. The van der Waals surface area contributed by atoms with Gasteiger partial charge in [0.2, 0.25) is 5.91 Å². The molecule has 1 amide bonds. The van der Waals surface area contributed by atoms with Gasteiger partial charge >= 0.3 is 6.18 Å². The third kappa shape index (κ3) is 5.94. The zero-order valence-electron chi connectivity index (χ0n) is 16.5. The topological polar surface area (TPSA) is 59.4 Å². The van der Waals surface area contributed by atoms with Gasteiger partial charge in [-0.05, 0) is 62.9 Å². The minimum Gasteiger partial charge on any atom is -0.337 e. The van der Waals surface area contributed by atoms with Crippen molar-refractivity contribution in [3.05, 3.63) is 35.4 Å². The molecule has 29 heavy (non-hydrogen) atoms. The Labute approximate surface area is 169 Å². The molecule has 1 aromatic carbocycles. The second-order valence-electron chi connectivity index (χ2n) is 8.05. The second-order valence-corrected chi connectivity index (χ2v) is 8.05. The lowest BCUT2D eigenvalue weighted by Crippen LogP contribution is -2.49. The molecular formula is C21H27F3N4O. The van der Waals surface area contributed by atoms with Gasteiger partial charge in [-0.15, -0.1) is 0 Å². The smallest absolute Gasteiger partial charge is 0.337 e. The van der Waals surface area contributed by atoms with Gasteiger partial charge in [-0.1, -0.05) is 12.1 Å². The number of benzene rings is 1. The Kier molecular flexibility index (Phi) is 6.81. The number of alkyl halides is 3. The molecule has 158 valence electrons. The van der Waals surface area contributed by atoms with E-state index in [9.17, 15) is 23.2 Å². The first-order valence-electron chi connectivity index (χ1n) is 10.1. The highest BCUT2D eigenvalue weighted by Gasteiger charge is 2.35. The van der Waals surface area contributed by atoms with Crippen molar-refractivity contribution < 1.29 is 18.0 Å². The minimum absolute atomic E-state index is 0.107. The van der Waals surface area contributed by atoms with Crippen molar-refractivity contribution in [2.24, 2.45) is 0 Å². The monoisotopic (exact) mass is 408 g/mol. The maximum atomic E-state index is 12.7. The summed E-state index contributed by atoms with van der Waals surface area (Å²) in [5, 5.41) is 12.3. The average molecular weight is 408 g/mol. The molecule has 8 heteroatoms. The van der Waals surface area contributed by atoms with E-state index in [4.69, 9.17) is 0 Å². The number of carbonyl (C=O) groups is 1. The molecular weight excluding hydrogens is 381 g/mol. The van der Waals surface area contributed by atoms with Crippen molar-refractivity contribution in [2.75, 3.05) is 32.7 Å². The summed E-state index contributed by atoms with van der Waals surface area (Å²) in [6.07, 6.45) is -0.0542. The molecule has 2 aliphatic rings. The van der Waals surface area contributed by atoms with Gasteiger partial charge in [-0.3, -0.25) is 14.6 Å². The second kappa shape index (κ2) is 9.14. The van der Waals surface area contributed by atoms with E-state index in [1.165, 1.54) is 12.1 Å². The zero-order valence-corrected chi connectivity index (χ0v) is 16.5. The zero-order chi connectivity index (χ0) is 20.9. The summed E-state index contributed by atoms with van der Waals surface area (Å²) in [7, 11) is 0. The number of nitrogens with zero attached hydrogens (tertiary/aromatic N) is 3. The third-order valence-electron chi connectivity index (χ3n) is 5.79. The number of nitrogens with one attached hydrogen (secondary N) is 1. The summed E-state index contributed by atoms with van der Waals surface area (Å²) in [4.78, 5) is 16.7. The predicted octanol–water partition coefficient (Wildman–Crippen LogP) is 3.17. The maximum Gasteiger partial charge on any atom is 0.416 e. The molecule has 0 radical (unpaired) electrons. The Morgan fingerprint density at radius 2 is 1.66 bits per heavy atom. The summed E-state index contributed by atoms with van der Waals surface area (Å²) < 4.78 is 38.1. The van der Waals surface area contributed by atoms with E-state index < -0.39 is 17.3 Å². The highest BCUT2D eigenvalue weighted by molar-refractivity contribution is 5.79. The van der Waals surface area contributed by atoms with Crippen LogP contribution in [0.1, 0.15) is 43.2 Å². The first-order valence-corrected chi connectivity index (χ1v) is 10.1. The van der Waals surface area contributed by atoms with Gasteiger partial charge in [0.15, 0.2) is 0 Å². The van der Waals surface area contributed by atoms with E-state index in [2.05, 4.69) is 21.2 Å². The molecule has 1 saturated carbocycles. The van der Waals surface area contributed by atoms with Gasteiger partial charge < -0.3 is 5.32 Å². The van der Waals surface area contributed by atoms with Crippen LogP contribution >= 0.6 is 0 Å². The maximum absolute atomic E-state index is 12.7. The van der Waals surface area contributed by atoms with Crippen LogP contribution in [-0.2, 0) is 17.5 Å². The number of amides is 1. The van der Waals surface area contributed by atoms with Crippen LogP contribution in [0.3, 0.4) is 0 Å². The third-order valence-corrected chi connectivity index (χ3v) is 5.79. The lowest BCUT2D eigenvalue weighted by Gasteiger charge is -2.25. The molecule has 2 fully saturated rings. The molecule has 0 atom stereocenters. The summed E-state index contributed by atoms with van der Waals surface area (Å²) in [6, 6.07) is 7.58. The van der Waals surface area contributed by atoms with Gasteiger partial charge in [-0.25, -0.2) is 0 Å². The first-order chi connectivity index (χ1) is 13.8. The van der Waals surface area contributed by atoms with Gasteiger partial charge in [0.1, 0.15) is 5.54 Å². The summed E-state index contributed by atoms with van der Waals surface area (Å²) in [6.45, 7) is 3.95. The number of hydrogen-bond acceptors (Lipinski definition) is 4. The van der Waals surface area contributed by atoms with Crippen molar-refractivity contribution in [1.82, 2.24) is 15.1 Å². The largest absolute Gasteiger partial charge is 0.416 e. The lowest BCUT2D eigenvalue weighted by molar-refractivity contribution is -0.137. The van der Waals surface area contributed by atoms with Crippen LogP contribution in [0.2, 0.25) is 0 Å². The molecule has 0 spiro atoms. The summed E-state index contributed by atoms with van der Waals surface area (Å²) in [5.74, 6) is -0.107. The van der Waals surface area contributed by atoms with E-state index in [1.807, 2.05) is 0 Å². The standard InChI is InChI=1S/C21H27F3N4O/c22-21(23,24)18-6-4-17(5-7-18)14-27-10-3-11-28(13-12-27)15-19(29)26-20(16-25)8-1-2-9-20/h4-7H,1-3,8-15H2,(H,26,29). The number of hydrogen-bond donors (Lipinski definition) is 1. The van der Waals surface area contributed by atoms with E-state index in [-0.39, 0.29) is 12.5 Å². The fourth-order valence-electron chi connectivity index (χ4n) is 4.15. The normalized spacial score (nSPS) is 20.8. The lowest BCUT2D eigenvalue weighted by atomic mass is 10.00. The molecule has 5 nitrogen and oxygen atoms in total. The van der Waals surface area contributed by atoms with Crippen LogP contribution in [0.5, 0.6) is 0 Å². The Morgan fingerprint density at radius 1 is 1.03 bits per heavy atom. The van der Waals surface area contributed by atoms with E-state index in [0.29, 0.717) is 13.1 Å². The fourth-order valence-corrected chi connectivity index (χ4v) is 4.15. The molecule has 1 aliphatic heterocycles. The first kappa shape index (κ1) is 21.6. The minimum atomic E-state index is -4.31. The molecule has 0 aromatic heterocycles. The fraction of sp³-hybridized carbons (Fsp3) is 0.619. The molecule has 1 N–H and O–H groups in total. The molecule has 0 bridgehead atoms. The van der Waals surface area contributed by atoms with Crippen molar-refractivity contribution in [2.45, 2.75) is 50.4 Å². The van der Waals surface area contributed by atoms with Gasteiger partial charge in [-0.2, -0.15) is 18.4 Å². The van der Waals surface area contributed by atoms with E-state index in [1.54, 1.807) is 0 Å². The highest BCUT2D eigenvalue weighted by atomic mass is 19.4. The van der Waals surface area contributed by atoms with E-state index >= 15 is 0 Å².